The normalized spacial score (nSPS) is 18.0. The van der Waals surface area contributed by atoms with E-state index in [0.29, 0.717) is 25.0 Å². The van der Waals surface area contributed by atoms with Crippen LogP contribution < -0.4 is 4.72 Å². The van der Waals surface area contributed by atoms with Crippen LogP contribution in [0.25, 0.3) is 0 Å². The molecule has 0 radical (unpaired) electrons. The van der Waals surface area contributed by atoms with E-state index in [4.69, 9.17) is 9.16 Å². The summed E-state index contributed by atoms with van der Waals surface area (Å²) in [5.41, 5.74) is -0.546. The molecule has 8 heteroatoms. The molecule has 0 saturated heterocycles. The highest BCUT2D eigenvalue weighted by Gasteiger charge is 2.40. The lowest BCUT2D eigenvalue weighted by atomic mass is 10.0. The number of nitrogens with zero attached hydrogens (tertiary/aromatic N) is 1. The summed E-state index contributed by atoms with van der Waals surface area (Å²) in [7, 11) is -1.98. The first kappa shape index (κ1) is 34.7. The average Bonchev–Trinajstić information content (AvgIpc) is 3.52. The zero-order valence-corrected chi connectivity index (χ0v) is 28.3. The lowest BCUT2D eigenvalue weighted by Gasteiger charge is -2.40. The van der Waals surface area contributed by atoms with Crippen LogP contribution in [0.2, 0.25) is 18.1 Å². The fourth-order valence-electron chi connectivity index (χ4n) is 3.77. The van der Waals surface area contributed by atoms with Crippen molar-refractivity contribution in [2.75, 3.05) is 13.2 Å². The van der Waals surface area contributed by atoms with Crippen LogP contribution in [0.5, 0.6) is 0 Å². The number of hydrogen-bond acceptors (Lipinski definition) is 5. The molecule has 0 spiro atoms. The maximum Gasteiger partial charge on any atom is 0.410 e. The minimum atomic E-state index is -1.98. The van der Waals surface area contributed by atoms with Crippen LogP contribution in [0.15, 0.2) is 0 Å². The van der Waals surface area contributed by atoms with Crippen molar-refractivity contribution in [1.82, 2.24) is 9.62 Å². The van der Waals surface area contributed by atoms with Crippen molar-refractivity contribution in [3.63, 3.8) is 0 Å². The molecule has 37 heavy (non-hydrogen) atoms. The molecule has 0 aromatic rings. The van der Waals surface area contributed by atoms with Gasteiger partial charge in [0, 0.05) is 17.9 Å². The monoisotopic (exact) mass is 560 g/mol. The van der Waals surface area contributed by atoms with Gasteiger partial charge in [-0.05, 0) is 110 Å². The highest BCUT2D eigenvalue weighted by Crippen LogP contribution is 2.38. The molecule has 1 aliphatic rings. The molecule has 1 unspecified atom stereocenters. The molecular formula is C29H60N2O4SSi. The fraction of sp³-hybridized carbons (Fsp3) is 0.966. The molecule has 0 heterocycles. The van der Waals surface area contributed by atoms with Crippen molar-refractivity contribution in [1.29, 1.82) is 0 Å². The van der Waals surface area contributed by atoms with Gasteiger partial charge < -0.3 is 18.6 Å². The topological polar surface area (TPSA) is 73.9 Å². The number of carbonyl (C=O) groups is 1. The van der Waals surface area contributed by atoms with Gasteiger partial charge in [0.15, 0.2) is 8.32 Å². The molecule has 1 amide bonds. The maximum absolute atomic E-state index is 13.4. The maximum atomic E-state index is 13.4. The van der Waals surface area contributed by atoms with Crippen LogP contribution in [-0.2, 0) is 20.5 Å². The smallest absolute Gasteiger partial charge is 0.410 e. The molecule has 1 fully saturated rings. The Bertz CT molecular complexity index is 693. The van der Waals surface area contributed by atoms with Gasteiger partial charge in [-0.2, -0.15) is 0 Å². The number of amides is 1. The van der Waals surface area contributed by atoms with Gasteiger partial charge in [0.2, 0.25) is 0 Å². The van der Waals surface area contributed by atoms with Crippen LogP contribution in [0.4, 0.5) is 4.79 Å². The molecule has 220 valence electrons. The summed E-state index contributed by atoms with van der Waals surface area (Å²) in [5, 5.41) is 0.101. The van der Waals surface area contributed by atoms with Crippen molar-refractivity contribution in [2.45, 2.75) is 155 Å². The zero-order chi connectivity index (χ0) is 28.8. The number of hydrogen-bond donors (Lipinski definition) is 1. The number of ether oxygens (including phenoxy) is 1. The van der Waals surface area contributed by atoms with Gasteiger partial charge in [-0.15, -0.1) is 4.72 Å². The Morgan fingerprint density at radius 2 is 1.59 bits per heavy atom. The first-order valence-corrected chi connectivity index (χ1v) is 18.5. The molecule has 1 N–H and O–H groups in total. The average molecular weight is 561 g/mol. The summed E-state index contributed by atoms with van der Waals surface area (Å²) in [6, 6.07) is 0.211. The van der Waals surface area contributed by atoms with Crippen molar-refractivity contribution < 1.29 is 18.5 Å². The van der Waals surface area contributed by atoms with Gasteiger partial charge in [-0.25, -0.2) is 4.79 Å². The molecule has 0 aromatic carbocycles. The summed E-state index contributed by atoms with van der Waals surface area (Å²) in [5.74, 6) is 1.10. The largest absolute Gasteiger partial charge is 0.598 e. The van der Waals surface area contributed by atoms with Crippen molar-refractivity contribution in [3.05, 3.63) is 0 Å². The van der Waals surface area contributed by atoms with E-state index < -0.39 is 25.3 Å². The number of rotatable bonds is 14. The summed E-state index contributed by atoms with van der Waals surface area (Å²) in [4.78, 5) is 15.3. The zero-order valence-electron chi connectivity index (χ0n) is 26.5. The van der Waals surface area contributed by atoms with Gasteiger partial charge in [0.1, 0.15) is 10.3 Å². The molecule has 6 nitrogen and oxygen atoms in total. The Hall–Kier alpha value is -0.283. The van der Waals surface area contributed by atoms with Gasteiger partial charge in [0.25, 0.3) is 0 Å². The molecule has 1 saturated carbocycles. The predicted molar refractivity (Wildman–Crippen MR) is 161 cm³/mol. The second kappa shape index (κ2) is 13.9. The quantitative estimate of drug-likeness (QED) is 0.174. The van der Waals surface area contributed by atoms with Gasteiger partial charge in [-0.1, -0.05) is 34.6 Å². The van der Waals surface area contributed by atoms with Crippen LogP contribution in [0.3, 0.4) is 0 Å². The Kier molecular flexibility index (Phi) is 13.0. The van der Waals surface area contributed by atoms with E-state index in [-0.39, 0.29) is 28.0 Å². The molecule has 0 bridgehead atoms. The van der Waals surface area contributed by atoms with Crippen molar-refractivity contribution >= 4 is 25.8 Å². The van der Waals surface area contributed by atoms with Gasteiger partial charge >= 0.3 is 6.09 Å². The van der Waals surface area contributed by atoms with Gasteiger partial charge in [0.05, 0.1) is 18.7 Å². The third-order valence-electron chi connectivity index (χ3n) is 7.52. The summed E-state index contributed by atoms with van der Waals surface area (Å²) >= 11 is -1.08. The highest BCUT2D eigenvalue weighted by atomic mass is 32.2. The summed E-state index contributed by atoms with van der Waals surface area (Å²) < 4.78 is 28.5. The first-order valence-electron chi connectivity index (χ1n) is 14.5. The fourth-order valence-corrected chi connectivity index (χ4v) is 5.75. The van der Waals surface area contributed by atoms with Crippen LogP contribution >= 0.6 is 0 Å². The van der Waals surface area contributed by atoms with E-state index in [2.05, 4.69) is 52.4 Å². The van der Waals surface area contributed by atoms with E-state index in [1.54, 1.807) is 0 Å². The second-order valence-electron chi connectivity index (χ2n) is 15.0. The van der Waals surface area contributed by atoms with E-state index in [0.717, 1.165) is 25.7 Å². The van der Waals surface area contributed by atoms with Gasteiger partial charge in [-0.3, -0.25) is 0 Å². The molecular weight excluding hydrogens is 500 g/mol. The highest BCUT2D eigenvalue weighted by molar-refractivity contribution is 7.90. The first-order chi connectivity index (χ1) is 16.6. The lowest BCUT2D eigenvalue weighted by Crippen LogP contribution is -2.50. The molecule has 3 atom stereocenters. The third kappa shape index (κ3) is 13.1. The minimum absolute atomic E-state index is 0.0457. The summed E-state index contributed by atoms with van der Waals surface area (Å²) in [6.45, 7) is 28.7. The Morgan fingerprint density at radius 1 is 1.03 bits per heavy atom. The Labute approximate surface area is 233 Å². The van der Waals surface area contributed by atoms with E-state index in [9.17, 15) is 9.35 Å². The van der Waals surface area contributed by atoms with E-state index >= 15 is 0 Å². The number of nitrogens with one attached hydrogen (secondary N) is 1. The SMILES string of the molecule is CC(C)CCN(C(=O)OC(C)(C)C)[C@@H](CCC[C@@H](N[S+]([O-])C(C)(C)C)C1CC1)CO[Si](C)(C)C(C)(C)C. The molecule has 0 aromatic heterocycles. The van der Waals surface area contributed by atoms with Crippen LogP contribution in [0, 0.1) is 11.8 Å². The van der Waals surface area contributed by atoms with Crippen molar-refractivity contribution in [3.8, 4) is 0 Å². The minimum Gasteiger partial charge on any atom is -0.598 e. The molecule has 0 aliphatic heterocycles. The van der Waals surface area contributed by atoms with Crippen LogP contribution in [-0.4, -0.2) is 59.4 Å². The third-order valence-corrected chi connectivity index (χ3v) is 13.6. The van der Waals surface area contributed by atoms with Crippen molar-refractivity contribution in [2.24, 2.45) is 11.8 Å². The Morgan fingerprint density at radius 3 is 2.03 bits per heavy atom. The molecule has 1 rings (SSSR count). The predicted octanol–water partition coefficient (Wildman–Crippen LogP) is 7.66. The van der Waals surface area contributed by atoms with E-state index in [1.807, 2.05) is 46.4 Å². The Balaban J connectivity index is 3.06. The summed E-state index contributed by atoms with van der Waals surface area (Å²) in [6.07, 6.45) is 5.83. The number of carbonyl (C=O) groups excluding carboxylic acids is 1. The molecule has 1 aliphatic carbocycles. The lowest BCUT2D eigenvalue weighted by molar-refractivity contribution is 0.00752. The van der Waals surface area contributed by atoms with Crippen LogP contribution in [0.1, 0.15) is 115 Å². The second-order valence-corrected chi connectivity index (χ2v) is 21.8. The van der Waals surface area contributed by atoms with E-state index in [1.165, 1.54) is 12.8 Å². The standard InChI is InChI=1S/C29H60N2O4SSi/c1-22(2)19-20-31(26(32)35-27(3,4)5)24(21-34-37(12,13)29(9,10)11)15-14-16-25(23-17-18-23)30-36(33)28(6,7)8/h22-25,30H,14-21H2,1-13H3/t24-,25+,36?/m0/s1.